The number of benzene rings is 2. The van der Waals surface area contributed by atoms with Crippen LogP contribution in [0.1, 0.15) is 48.1 Å². The molecular formula is C25H27N3O2. The molecule has 1 aliphatic rings. The Hall–Kier alpha value is -3.21. The van der Waals surface area contributed by atoms with Crippen LogP contribution in [0, 0.1) is 13.8 Å². The lowest BCUT2D eigenvalue weighted by atomic mass is 9.89. The third-order valence-corrected chi connectivity index (χ3v) is 5.90. The van der Waals surface area contributed by atoms with Crippen molar-refractivity contribution >= 4 is 11.6 Å². The van der Waals surface area contributed by atoms with Gasteiger partial charge in [0.25, 0.3) is 5.56 Å². The lowest BCUT2D eigenvalue weighted by Crippen LogP contribution is -2.37. The predicted octanol–water partition coefficient (Wildman–Crippen LogP) is 4.61. The molecule has 0 saturated carbocycles. The largest absolute Gasteiger partial charge is 0.324 e. The van der Waals surface area contributed by atoms with Gasteiger partial charge in [-0.25, -0.2) is 4.68 Å². The maximum absolute atomic E-state index is 13.2. The van der Waals surface area contributed by atoms with E-state index in [4.69, 9.17) is 5.10 Å². The molecule has 5 nitrogen and oxygen atoms in total. The second kappa shape index (κ2) is 8.27. The Kier molecular flexibility index (Phi) is 5.53. The van der Waals surface area contributed by atoms with Crippen molar-refractivity contribution in [3.05, 3.63) is 81.1 Å². The van der Waals surface area contributed by atoms with Crippen LogP contribution < -0.4 is 10.9 Å². The maximum Gasteiger partial charge on any atom is 0.271 e. The Morgan fingerprint density at radius 3 is 2.37 bits per heavy atom. The quantitative estimate of drug-likeness (QED) is 0.695. The van der Waals surface area contributed by atoms with Crippen LogP contribution in [0.25, 0.3) is 11.3 Å². The Balaban J connectivity index is 1.76. The molecule has 1 unspecified atom stereocenters. The van der Waals surface area contributed by atoms with Crippen LogP contribution in [0.2, 0.25) is 0 Å². The van der Waals surface area contributed by atoms with Gasteiger partial charge in [-0.2, -0.15) is 5.10 Å². The van der Waals surface area contributed by atoms with Crippen molar-refractivity contribution in [3.63, 3.8) is 0 Å². The Morgan fingerprint density at radius 1 is 1.00 bits per heavy atom. The molecular weight excluding hydrogens is 374 g/mol. The number of nitrogens with one attached hydrogen (secondary N) is 1. The van der Waals surface area contributed by atoms with E-state index in [9.17, 15) is 9.59 Å². The number of hydrogen-bond donors (Lipinski definition) is 1. The van der Waals surface area contributed by atoms with Gasteiger partial charge in [-0.15, -0.1) is 0 Å². The second-order valence-electron chi connectivity index (χ2n) is 8.11. The van der Waals surface area contributed by atoms with E-state index in [-0.39, 0.29) is 11.5 Å². The summed E-state index contributed by atoms with van der Waals surface area (Å²) in [5.41, 5.74) is 6.40. The highest BCUT2D eigenvalue weighted by atomic mass is 16.2. The number of aryl methyl sites for hydroxylation is 2. The average molecular weight is 402 g/mol. The fourth-order valence-electron chi connectivity index (χ4n) is 4.02. The fraction of sp³-hybridized carbons (Fsp3) is 0.320. The normalized spacial score (nSPS) is 14.1. The van der Waals surface area contributed by atoms with Gasteiger partial charge in [-0.05, 0) is 63.6 Å². The maximum atomic E-state index is 13.2. The minimum atomic E-state index is -0.714. The fourth-order valence-corrected chi connectivity index (χ4v) is 4.02. The molecule has 1 N–H and O–H groups in total. The summed E-state index contributed by atoms with van der Waals surface area (Å²) in [5, 5.41) is 7.66. The summed E-state index contributed by atoms with van der Waals surface area (Å²) in [4.78, 5) is 26.2. The monoisotopic (exact) mass is 401 g/mol. The molecule has 0 bridgehead atoms. The van der Waals surface area contributed by atoms with E-state index in [1.165, 1.54) is 10.2 Å². The predicted molar refractivity (Wildman–Crippen MR) is 120 cm³/mol. The van der Waals surface area contributed by atoms with E-state index >= 15 is 0 Å². The Morgan fingerprint density at radius 2 is 1.67 bits per heavy atom. The highest BCUT2D eigenvalue weighted by Gasteiger charge is 2.25. The number of aromatic nitrogens is 2. The molecule has 4 rings (SSSR count). The molecule has 2 aromatic carbocycles. The van der Waals surface area contributed by atoms with Gasteiger partial charge in [0, 0.05) is 16.8 Å². The molecule has 0 fully saturated rings. The molecule has 5 heteroatoms. The van der Waals surface area contributed by atoms with Gasteiger partial charge in [0.05, 0.1) is 5.69 Å². The first-order valence-corrected chi connectivity index (χ1v) is 10.5. The summed E-state index contributed by atoms with van der Waals surface area (Å²) in [5.74, 6) is -0.246. The van der Waals surface area contributed by atoms with Crippen LogP contribution in [0.4, 0.5) is 5.69 Å². The molecule has 30 heavy (non-hydrogen) atoms. The molecule has 0 aliphatic heterocycles. The number of carbonyl (C=O) groups is 1. The van der Waals surface area contributed by atoms with Crippen LogP contribution >= 0.6 is 0 Å². The molecule has 154 valence electrons. The molecule has 3 aromatic rings. The van der Waals surface area contributed by atoms with E-state index in [1.807, 2.05) is 50.2 Å². The smallest absolute Gasteiger partial charge is 0.271 e. The number of fused-ring (bicyclic) bond motifs is 1. The summed E-state index contributed by atoms with van der Waals surface area (Å²) in [6, 6.07) is 15.1. The summed E-state index contributed by atoms with van der Waals surface area (Å²) in [7, 11) is 0. The zero-order valence-corrected chi connectivity index (χ0v) is 17.7. The van der Waals surface area contributed by atoms with Gasteiger partial charge >= 0.3 is 0 Å². The second-order valence-corrected chi connectivity index (χ2v) is 8.11. The van der Waals surface area contributed by atoms with Gasteiger partial charge in [0.1, 0.15) is 6.04 Å². The van der Waals surface area contributed by atoms with Crippen LogP contribution in [0.15, 0.2) is 53.3 Å². The minimum absolute atomic E-state index is 0.145. The molecule has 1 aromatic heterocycles. The van der Waals surface area contributed by atoms with Crippen LogP contribution in [0.3, 0.4) is 0 Å². The average Bonchev–Trinajstić information content (AvgIpc) is 2.76. The molecule has 1 amide bonds. The number of amides is 1. The Labute approximate surface area is 176 Å². The zero-order valence-electron chi connectivity index (χ0n) is 17.7. The van der Waals surface area contributed by atoms with Crippen LogP contribution in [-0.2, 0) is 17.6 Å². The van der Waals surface area contributed by atoms with Crippen molar-refractivity contribution in [2.24, 2.45) is 0 Å². The summed E-state index contributed by atoms with van der Waals surface area (Å²) in [6.45, 7) is 5.72. The van der Waals surface area contributed by atoms with Gasteiger partial charge in [-0.3, -0.25) is 9.59 Å². The summed E-state index contributed by atoms with van der Waals surface area (Å²) in [6.07, 6.45) is 3.64. The molecule has 0 saturated heterocycles. The SMILES string of the molecule is Cc1ccc(-c2nn(C(C)C(=O)Nc3ccccc3C)c(=O)c3c2CCCC3)cc1. The number of anilines is 1. The topological polar surface area (TPSA) is 64.0 Å². The number of para-hydroxylation sites is 1. The number of carbonyl (C=O) groups excluding carboxylic acids is 1. The molecule has 0 radical (unpaired) electrons. The number of rotatable bonds is 4. The van der Waals surface area contributed by atoms with E-state index in [0.717, 1.165) is 59.3 Å². The van der Waals surface area contributed by atoms with E-state index in [0.29, 0.717) is 0 Å². The molecule has 0 spiro atoms. The van der Waals surface area contributed by atoms with Crippen molar-refractivity contribution < 1.29 is 4.79 Å². The first kappa shape index (κ1) is 20.1. The zero-order chi connectivity index (χ0) is 21.3. The highest BCUT2D eigenvalue weighted by molar-refractivity contribution is 5.94. The van der Waals surface area contributed by atoms with Gasteiger partial charge in [-0.1, -0.05) is 48.0 Å². The lowest BCUT2D eigenvalue weighted by molar-refractivity contribution is -0.119. The molecule has 1 aliphatic carbocycles. The van der Waals surface area contributed by atoms with Gasteiger partial charge in [0.2, 0.25) is 5.91 Å². The molecule has 1 atom stereocenters. The third-order valence-electron chi connectivity index (χ3n) is 5.90. The van der Waals surface area contributed by atoms with Crippen molar-refractivity contribution in [1.82, 2.24) is 9.78 Å². The minimum Gasteiger partial charge on any atom is -0.324 e. The summed E-state index contributed by atoms with van der Waals surface area (Å²) >= 11 is 0. The van der Waals surface area contributed by atoms with Gasteiger partial charge in [0.15, 0.2) is 0 Å². The first-order chi connectivity index (χ1) is 14.5. The summed E-state index contributed by atoms with van der Waals surface area (Å²) < 4.78 is 1.37. The lowest BCUT2D eigenvalue weighted by Gasteiger charge is -2.23. The standard InChI is InChI=1S/C25H27N3O2/c1-16-12-14-19(15-13-16)23-20-9-5-6-10-21(20)25(30)28(27-23)18(3)24(29)26-22-11-7-4-8-17(22)2/h4,7-8,11-15,18H,5-6,9-10H2,1-3H3,(H,26,29). The third kappa shape index (κ3) is 3.80. The van der Waals surface area contributed by atoms with Crippen molar-refractivity contribution in [2.45, 2.75) is 52.5 Å². The van der Waals surface area contributed by atoms with Gasteiger partial charge < -0.3 is 5.32 Å². The van der Waals surface area contributed by atoms with E-state index in [2.05, 4.69) is 17.4 Å². The van der Waals surface area contributed by atoms with Crippen LogP contribution in [-0.4, -0.2) is 15.7 Å². The number of hydrogen-bond acceptors (Lipinski definition) is 3. The first-order valence-electron chi connectivity index (χ1n) is 10.5. The van der Waals surface area contributed by atoms with Crippen LogP contribution in [0.5, 0.6) is 0 Å². The molecule has 1 heterocycles. The van der Waals surface area contributed by atoms with Crippen molar-refractivity contribution in [3.8, 4) is 11.3 Å². The van der Waals surface area contributed by atoms with E-state index < -0.39 is 6.04 Å². The Bertz CT molecular complexity index is 1150. The number of nitrogens with zero attached hydrogens (tertiary/aromatic N) is 2. The van der Waals surface area contributed by atoms with Crippen molar-refractivity contribution in [1.29, 1.82) is 0 Å². The highest BCUT2D eigenvalue weighted by Crippen LogP contribution is 2.29. The van der Waals surface area contributed by atoms with E-state index in [1.54, 1.807) is 6.92 Å². The van der Waals surface area contributed by atoms with Crippen molar-refractivity contribution in [2.75, 3.05) is 5.32 Å².